The summed E-state index contributed by atoms with van der Waals surface area (Å²) in [5.74, 6) is -9.26. The summed E-state index contributed by atoms with van der Waals surface area (Å²) in [6.07, 6.45) is 4.20. The number of nitrogens with one attached hydrogen (secondary N) is 1. The fourth-order valence-corrected chi connectivity index (χ4v) is 9.20. The van der Waals surface area contributed by atoms with Gasteiger partial charge in [-0.3, -0.25) is 29.0 Å². The molecule has 0 fully saturated rings. The number of fused-ring (bicyclic) bond motifs is 3. The molecule has 0 radical (unpaired) electrons. The number of hydrogen-bond acceptors (Lipinski definition) is 11. The summed E-state index contributed by atoms with van der Waals surface area (Å²) in [5.41, 5.74) is 6.76. The fourth-order valence-electron chi connectivity index (χ4n) is 9.06. The van der Waals surface area contributed by atoms with Gasteiger partial charge in [0, 0.05) is 24.6 Å². The summed E-state index contributed by atoms with van der Waals surface area (Å²) in [6, 6.07) is 29.4. The van der Waals surface area contributed by atoms with Crippen molar-refractivity contribution in [2.24, 2.45) is 15.8 Å². The second kappa shape index (κ2) is 31.0. The number of amides is 2. The number of aliphatic imine (C=N–C) groups is 1. The van der Waals surface area contributed by atoms with Crippen LogP contribution in [-0.2, 0) is 32.8 Å². The summed E-state index contributed by atoms with van der Waals surface area (Å²) in [4.78, 5) is 72.8. The van der Waals surface area contributed by atoms with Crippen LogP contribution in [0.3, 0.4) is 0 Å². The number of Topliss-reactive ketones (excluding diaryl/α,β-unsaturated/α-hetero) is 3. The Kier molecular flexibility index (Phi) is 24.0. The molecule has 0 bridgehead atoms. The summed E-state index contributed by atoms with van der Waals surface area (Å²) in [5, 5.41) is 6.65. The number of ether oxygens (including phenoxy) is 2. The van der Waals surface area contributed by atoms with Gasteiger partial charge in [0.2, 0.25) is 17.5 Å². The van der Waals surface area contributed by atoms with Crippen LogP contribution in [0.2, 0.25) is 0 Å². The molecule has 0 aromatic heterocycles. The maximum absolute atomic E-state index is 14.2. The topological polar surface area (TPSA) is 187 Å². The van der Waals surface area contributed by atoms with E-state index in [0.29, 0.717) is 6.42 Å². The molecule has 1 heterocycles. The number of halogens is 11. The predicted octanol–water partition coefficient (Wildman–Crippen LogP) is 13.8. The first kappa shape index (κ1) is 68.8. The first-order valence-corrected chi connectivity index (χ1v) is 27.5. The molecule has 24 heteroatoms. The van der Waals surface area contributed by atoms with Crippen LogP contribution < -0.4 is 11.1 Å². The van der Waals surface area contributed by atoms with Crippen molar-refractivity contribution in [2.45, 2.75) is 77.5 Å². The summed E-state index contributed by atoms with van der Waals surface area (Å²) >= 11 is 4.93. The number of nitrogens with zero attached hydrogens (tertiary/aromatic N) is 3. The highest BCUT2D eigenvalue weighted by Crippen LogP contribution is 2.45. The molecular weight excluding hydrogens is 1200 g/mol. The van der Waals surface area contributed by atoms with Gasteiger partial charge in [-0.15, -0.1) is 5.10 Å². The molecule has 0 saturated carbocycles. The highest BCUT2D eigenvalue weighted by Gasteiger charge is 2.51. The van der Waals surface area contributed by atoms with Crippen molar-refractivity contribution in [2.75, 3.05) is 19.6 Å². The standard InChI is InChI=1S/C19H16F2N2O2.C18H15F2NO.C13H15F2NO3.C8H7F2NO.C7H3ClF2O/c1-12(24)23-19(10-4-6-13-5-2-3-7-16(13)19)25-18(22-23)15-11-14(20)8-9-17(15)21;19-13-8-9-16(20)15(10-13)18(22)11-21-17-7-3-5-12-4-1-2-6-14(12)17;1-13(2,3)19-12(18)16-7-11(17)9-6-8(14)4-5-10(9)15;9-5-1-2-7(10)6(3-5)8(12)4-11;8-7(11)5-3-4(9)1-2-6(5)10/h2-3,5,7-9,11H,4,6,10H2,1H3;1-2,4,6,8-10H,3,5,7,11H2;4-6H,7H2,1-3H3,(H,16,18);1-3H,4,11H2;1-3H. The SMILES string of the molecule is CC(=O)N1N=C(c2cc(F)ccc2F)OC12CCCc1ccccc12.CC(C)(C)OC(=O)NCC(=O)c1cc(F)ccc1F.NCC(=O)c1cc(F)ccc1F.O=C(CN=C1CCCc2ccccc21)c1cc(F)ccc1F.O=C(Cl)c1cc(F)ccc1F. The predicted molar refractivity (Wildman–Crippen MR) is 310 cm³/mol. The van der Waals surface area contributed by atoms with E-state index >= 15 is 0 Å². The lowest BCUT2D eigenvalue weighted by atomic mass is 9.84. The smallest absolute Gasteiger partial charge is 0.408 e. The van der Waals surface area contributed by atoms with Crippen molar-refractivity contribution in [1.82, 2.24) is 10.3 Å². The van der Waals surface area contributed by atoms with E-state index in [1.165, 1.54) is 17.5 Å². The quantitative estimate of drug-likeness (QED) is 0.0763. The number of carbonyl (C=O) groups is 6. The van der Waals surface area contributed by atoms with Gasteiger partial charge >= 0.3 is 6.09 Å². The Morgan fingerprint density at radius 1 is 0.596 bits per heavy atom. The third kappa shape index (κ3) is 18.8. The van der Waals surface area contributed by atoms with Crippen molar-refractivity contribution in [3.63, 3.8) is 0 Å². The van der Waals surface area contributed by atoms with Gasteiger partial charge in [0.05, 0.1) is 40.9 Å². The van der Waals surface area contributed by atoms with Gasteiger partial charge in [0.1, 0.15) is 70.3 Å². The first-order valence-electron chi connectivity index (χ1n) is 27.1. The van der Waals surface area contributed by atoms with Crippen LogP contribution in [0.5, 0.6) is 0 Å². The number of alkyl carbamates (subject to hydrolysis) is 1. The lowest BCUT2D eigenvalue weighted by molar-refractivity contribution is -0.151. The number of ketones is 3. The summed E-state index contributed by atoms with van der Waals surface area (Å²) < 4.78 is 142. The van der Waals surface area contributed by atoms with Crippen LogP contribution in [0.1, 0.15) is 123 Å². The molecule has 0 saturated heterocycles. The van der Waals surface area contributed by atoms with E-state index in [4.69, 9.17) is 26.8 Å². The van der Waals surface area contributed by atoms with Crippen LogP contribution >= 0.6 is 11.6 Å². The molecule has 89 heavy (non-hydrogen) atoms. The number of benzene rings is 7. The Balaban J connectivity index is 0.000000183. The maximum atomic E-state index is 14.2. The molecule has 7 aromatic rings. The van der Waals surface area contributed by atoms with Gasteiger partial charge in [-0.05, 0) is 172 Å². The lowest BCUT2D eigenvalue weighted by Crippen LogP contribution is -2.46. The van der Waals surface area contributed by atoms with Gasteiger partial charge in [0.25, 0.3) is 5.24 Å². The molecule has 1 spiro atoms. The van der Waals surface area contributed by atoms with Crippen LogP contribution in [0.15, 0.2) is 150 Å². The van der Waals surface area contributed by atoms with Crippen molar-refractivity contribution >= 4 is 57.8 Å². The zero-order chi connectivity index (χ0) is 65.3. The van der Waals surface area contributed by atoms with Gasteiger partial charge in [-0.2, -0.15) is 5.01 Å². The first-order chi connectivity index (χ1) is 42.1. The summed E-state index contributed by atoms with van der Waals surface area (Å²) in [7, 11) is 0. The van der Waals surface area contributed by atoms with Gasteiger partial charge < -0.3 is 20.5 Å². The molecule has 1 aliphatic heterocycles. The largest absolute Gasteiger partial charge is 0.444 e. The van der Waals surface area contributed by atoms with Gasteiger partial charge in [-0.25, -0.2) is 48.7 Å². The Labute approximate surface area is 509 Å². The summed E-state index contributed by atoms with van der Waals surface area (Å²) in [6.45, 7) is 5.44. The second-order valence-corrected chi connectivity index (χ2v) is 21.0. The van der Waals surface area contributed by atoms with Crippen molar-refractivity contribution in [1.29, 1.82) is 0 Å². The number of carbonyl (C=O) groups excluding carboxylic acids is 6. The van der Waals surface area contributed by atoms with E-state index in [1.807, 2.05) is 42.5 Å². The number of rotatable bonds is 10. The fraction of sp³-hybridized carbons (Fsp3) is 0.231. The number of hydrogen-bond donors (Lipinski definition) is 2. The minimum Gasteiger partial charge on any atom is -0.444 e. The van der Waals surface area contributed by atoms with E-state index in [1.54, 1.807) is 20.8 Å². The Bertz CT molecular complexity index is 3860. The number of hydrazone groups is 1. The minimum atomic E-state index is -1.10. The molecule has 3 N–H and O–H groups in total. The highest BCUT2D eigenvalue weighted by molar-refractivity contribution is 6.67. The van der Waals surface area contributed by atoms with Crippen LogP contribution in [-0.4, -0.2) is 76.4 Å². The Morgan fingerprint density at radius 3 is 1.60 bits per heavy atom. The van der Waals surface area contributed by atoms with E-state index in [0.717, 1.165) is 146 Å². The third-order valence-electron chi connectivity index (χ3n) is 13.1. The average molecular weight is 1260 g/mol. The molecule has 2 aliphatic carbocycles. The molecule has 1 unspecified atom stereocenters. The van der Waals surface area contributed by atoms with Crippen LogP contribution in [0, 0.1) is 58.2 Å². The molecule has 466 valence electrons. The molecule has 10 rings (SSSR count). The average Bonchev–Trinajstić information content (AvgIpc) is 1.64. The molecule has 2 amide bonds. The molecule has 3 aliphatic rings. The van der Waals surface area contributed by atoms with Crippen LogP contribution in [0.25, 0.3) is 0 Å². The van der Waals surface area contributed by atoms with E-state index < -0.39 is 116 Å². The van der Waals surface area contributed by atoms with E-state index in [9.17, 15) is 72.7 Å². The monoisotopic (exact) mass is 1260 g/mol. The number of nitrogens with two attached hydrogens (primary N) is 1. The van der Waals surface area contributed by atoms with E-state index in [2.05, 4.69) is 21.5 Å². The van der Waals surface area contributed by atoms with Gasteiger partial charge in [-0.1, -0.05) is 48.5 Å². The lowest BCUT2D eigenvalue weighted by Gasteiger charge is -2.39. The molecular formula is C65H56ClF10N5O8. The van der Waals surface area contributed by atoms with Gasteiger partial charge in [0.15, 0.2) is 17.3 Å². The molecule has 13 nitrogen and oxygen atoms in total. The maximum Gasteiger partial charge on any atom is 0.408 e. The molecule has 7 aromatic carbocycles. The third-order valence-corrected chi connectivity index (χ3v) is 13.3. The Morgan fingerprint density at radius 2 is 1.07 bits per heavy atom. The Hall–Kier alpha value is -9.35. The minimum absolute atomic E-state index is 0.0797. The number of aryl methyl sites for hydroxylation is 2. The van der Waals surface area contributed by atoms with Crippen molar-refractivity contribution in [3.8, 4) is 0 Å². The normalized spacial score (nSPS) is 14.9. The van der Waals surface area contributed by atoms with E-state index in [-0.39, 0.29) is 41.6 Å². The van der Waals surface area contributed by atoms with Crippen LogP contribution in [0.4, 0.5) is 48.7 Å². The zero-order valence-corrected chi connectivity index (χ0v) is 48.7. The van der Waals surface area contributed by atoms with Crippen molar-refractivity contribution < 1.29 is 82.1 Å². The van der Waals surface area contributed by atoms with Crippen molar-refractivity contribution in [3.05, 3.63) is 248 Å². The molecule has 1 atom stereocenters. The zero-order valence-electron chi connectivity index (χ0n) is 48.0. The highest BCUT2D eigenvalue weighted by atomic mass is 35.5. The second-order valence-electron chi connectivity index (χ2n) is 20.6.